The summed E-state index contributed by atoms with van der Waals surface area (Å²) in [4.78, 5) is 6.40. The molecule has 0 aliphatic heterocycles. The van der Waals surface area contributed by atoms with Crippen molar-refractivity contribution < 1.29 is 13.0 Å². The van der Waals surface area contributed by atoms with Crippen molar-refractivity contribution in [2.45, 2.75) is 53.5 Å². The van der Waals surface area contributed by atoms with E-state index in [9.17, 15) is 13.0 Å². The fourth-order valence-electron chi connectivity index (χ4n) is 4.30. The summed E-state index contributed by atoms with van der Waals surface area (Å²) in [5.41, 5.74) is 0.892. The van der Waals surface area contributed by atoms with E-state index in [4.69, 9.17) is 0 Å². The average Bonchev–Trinajstić information content (AvgIpc) is 2.70. The number of azo groups is 1. The molecule has 4 unspecified atom stereocenters. The third-order valence-corrected chi connectivity index (χ3v) is 7.38. The Bertz CT molecular complexity index is 959. The van der Waals surface area contributed by atoms with Crippen LogP contribution in [0.3, 0.4) is 0 Å². The number of rotatable bonds is 7. The maximum absolute atomic E-state index is 12.1. The van der Waals surface area contributed by atoms with E-state index < -0.39 is 15.7 Å². The molecule has 2 rings (SSSR count). The molecule has 31 heavy (non-hydrogen) atoms. The minimum absolute atomic E-state index is 0.0117. The Morgan fingerprint density at radius 2 is 1.94 bits per heavy atom. The van der Waals surface area contributed by atoms with E-state index in [1.54, 1.807) is 19.1 Å². The molecule has 8 heteroatoms. The Kier molecular flexibility index (Phi) is 8.30. The van der Waals surface area contributed by atoms with E-state index in [1.807, 2.05) is 27.8 Å². The van der Waals surface area contributed by atoms with Gasteiger partial charge in [0.1, 0.15) is 16.4 Å². The first-order valence-electron chi connectivity index (χ1n) is 10.9. The molecule has 0 aromatic heterocycles. The van der Waals surface area contributed by atoms with Crippen LogP contribution in [0.25, 0.3) is 0 Å². The zero-order valence-corrected chi connectivity index (χ0v) is 20.5. The zero-order valence-electron chi connectivity index (χ0n) is 19.7. The van der Waals surface area contributed by atoms with Crippen molar-refractivity contribution >= 4 is 16.0 Å². The van der Waals surface area contributed by atoms with Crippen LogP contribution in [-0.2, 0) is 10.1 Å². The molecular weight excluding hydrogens is 412 g/mol. The summed E-state index contributed by atoms with van der Waals surface area (Å²) in [5.74, 6) is 1.15. The van der Waals surface area contributed by atoms with Crippen LogP contribution in [0.1, 0.15) is 48.0 Å². The topological polar surface area (TPSA) is 94.7 Å². The molecule has 1 N–H and O–H groups in total. The third-order valence-electron chi connectivity index (χ3n) is 6.50. The van der Waals surface area contributed by atoms with E-state index in [0.29, 0.717) is 30.6 Å². The van der Waals surface area contributed by atoms with E-state index >= 15 is 0 Å². The van der Waals surface area contributed by atoms with Gasteiger partial charge in [0.05, 0.1) is 0 Å². The molecule has 0 amide bonds. The summed E-state index contributed by atoms with van der Waals surface area (Å²) in [6.07, 6.45) is 10.6. The lowest BCUT2D eigenvalue weighted by molar-refractivity contribution is 0.128. The lowest BCUT2D eigenvalue weighted by atomic mass is 9.77. The summed E-state index contributed by atoms with van der Waals surface area (Å²) in [6, 6.07) is 0. The zero-order chi connectivity index (χ0) is 23.4. The fraction of sp³-hybridized carbons (Fsp3) is 0.609. The quantitative estimate of drug-likeness (QED) is 0.256. The summed E-state index contributed by atoms with van der Waals surface area (Å²) < 4.78 is 34.2. The van der Waals surface area contributed by atoms with Crippen molar-refractivity contribution in [1.29, 1.82) is 0 Å². The molecule has 0 saturated heterocycles. The molecule has 0 bridgehead atoms. The van der Waals surface area contributed by atoms with E-state index in [-0.39, 0.29) is 16.5 Å². The Balaban J connectivity index is 2.27. The van der Waals surface area contributed by atoms with Crippen LogP contribution in [0.4, 0.5) is 0 Å². The SMILES string of the molecule is CCN(C)C1(CC)C=C(S(=O)(=O)O)C(N=NC(C)=NCC2C=CC(C)=CC2C)=CC1C. The van der Waals surface area contributed by atoms with Crippen LogP contribution < -0.4 is 0 Å². The molecule has 0 spiro atoms. The summed E-state index contributed by atoms with van der Waals surface area (Å²) in [7, 11) is -2.50. The minimum Gasteiger partial charge on any atom is -0.297 e. The monoisotopic (exact) mass is 448 g/mol. The maximum Gasteiger partial charge on any atom is 0.296 e. The lowest BCUT2D eigenvalue weighted by Gasteiger charge is -2.44. The number of hydrogen-bond acceptors (Lipinski definition) is 5. The second kappa shape index (κ2) is 10.1. The standard InChI is InChI=1S/C23H36N4O3S/c1-8-23(27(7)9-2)14-22(31(28,29)30)21(13-18(23)5)26-25-19(6)24-15-20-11-10-16(3)12-17(20)4/h10-14,17-18,20H,8-9,15H2,1-7H3,(H,28,29,30). The Morgan fingerprint density at radius 3 is 2.48 bits per heavy atom. The molecular formula is C23H36N4O3S. The number of nitrogens with zero attached hydrogens (tertiary/aromatic N) is 4. The number of allylic oxidation sites excluding steroid dienone is 3. The summed E-state index contributed by atoms with van der Waals surface area (Å²) in [6.45, 7) is 13.4. The van der Waals surface area contributed by atoms with Gasteiger partial charge in [0, 0.05) is 18.0 Å². The van der Waals surface area contributed by atoms with Gasteiger partial charge in [-0.15, -0.1) is 10.2 Å². The molecule has 7 nitrogen and oxygen atoms in total. The van der Waals surface area contributed by atoms with Crippen LogP contribution in [-0.4, -0.2) is 49.4 Å². The molecule has 172 valence electrons. The number of likely N-dealkylation sites (N-methyl/N-ethyl adjacent to an activating group) is 1. The van der Waals surface area contributed by atoms with Gasteiger partial charge in [-0.2, -0.15) is 8.42 Å². The first kappa shape index (κ1) is 25.4. The molecule has 4 atom stereocenters. The normalized spacial score (nSPS) is 29.9. The molecule has 0 radical (unpaired) electrons. The minimum atomic E-state index is -4.45. The van der Waals surface area contributed by atoms with Crippen LogP contribution in [0, 0.1) is 17.8 Å². The fourth-order valence-corrected chi connectivity index (χ4v) is 5.02. The molecule has 0 fully saturated rings. The summed E-state index contributed by atoms with van der Waals surface area (Å²) in [5, 5.41) is 8.31. The van der Waals surface area contributed by atoms with Gasteiger partial charge in [0.2, 0.25) is 0 Å². The molecule has 0 saturated carbocycles. The van der Waals surface area contributed by atoms with Crippen LogP contribution in [0.15, 0.2) is 61.8 Å². The second-order valence-corrected chi connectivity index (χ2v) is 9.95. The van der Waals surface area contributed by atoms with Crippen molar-refractivity contribution in [3.63, 3.8) is 0 Å². The highest BCUT2D eigenvalue weighted by atomic mass is 32.2. The Labute approximate surface area is 187 Å². The van der Waals surface area contributed by atoms with Gasteiger partial charge in [0.15, 0.2) is 0 Å². The van der Waals surface area contributed by atoms with E-state index in [0.717, 1.165) is 6.54 Å². The van der Waals surface area contributed by atoms with Crippen molar-refractivity contribution in [2.75, 3.05) is 20.1 Å². The van der Waals surface area contributed by atoms with Gasteiger partial charge in [-0.1, -0.05) is 57.6 Å². The molecule has 0 heterocycles. The van der Waals surface area contributed by atoms with Gasteiger partial charge in [-0.05, 0) is 51.8 Å². The first-order valence-corrected chi connectivity index (χ1v) is 12.3. The van der Waals surface area contributed by atoms with Gasteiger partial charge >= 0.3 is 0 Å². The predicted octanol–water partition coefficient (Wildman–Crippen LogP) is 5.03. The smallest absolute Gasteiger partial charge is 0.296 e. The van der Waals surface area contributed by atoms with Crippen LogP contribution >= 0.6 is 0 Å². The maximum atomic E-state index is 12.1. The van der Waals surface area contributed by atoms with E-state index in [1.165, 1.54) is 5.57 Å². The summed E-state index contributed by atoms with van der Waals surface area (Å²) >= 11 is 0. The van der Waals surface area contributed by atoms with Crippen LogP contribution in [0.5, 0.6) is 0 Å². The van der Waals surface area contributed by atoms with Gasteiger partial charge in [-0.25, -0.2) is 0 Å². The molecule has 2 aliphatic carbocycles. The Hall–Kier alpha value is -1.90. The second-order valence-electron chi connectivity index (χ2n) is 8.56. The van der Waals surface area contributed by atoms with Gasteiger partial charge in [-0.3, -0.25) is 14.4 Å². The number of aliphatic imine (C=N–C) groups is 1. The van der Waals surface area contributed by atoms with Crippen LogP contribution in [0.2, 0.25) is 0 Å². The molecule has 2 aliphatic rings. The highest BCUT2D eigenvalue weighted by Gasteiger charge is 2.41. The van der Waals surface area contributed by atoms with E-state index in [2.05, 4.69) is 52.2 Å². The number of amidine groups is 1. The number of hydrogen-bond donors (Lipinski definition) is 1. The highest BCUT2D eigenvalue weighted by Crippen LogP contribution is 2.39. The predicted molar refractivity (Wildman–Crippen MR) is 127 cm³/mol. The molecule has 0 aromatic rings. The Morgan fingerprint density at radius 1 is 1.26 bits per heavy atom. The van der Waals surface area contributed by atoms with Crippen molar-refractivity contribution in [1.82, 2.24) is 4.90 Å². The van der Waals surface area contributed by atoms with Crippen molar-refractivity contribution in [3.8, 4) is 0 Å². The van der Waals surface area contributed by atoms with Gasteiger partial charge in [0.25, 0.3) is 10.1 Å². The highest BCUT2D eigenvalue weighted by molar-refractivity contribution is 7.90. The van der Waals surface area contributed by atoms with Gasteiger partial charge < -0.3 is 0 Å². The first-order chi connectivity index (χ1) is 14.4. The lowest BCUT2D eigenvalue weighted by Crippen LogP contribution is -2.50. The largest absolute Gasteiger partial charge is 0.297 e. The molecule has 0 aromatic carbocycles. The average molecular weight is 449 g/mol. The van der Waals surface area contributed by atoms with Crippen molar-refractivity contribution in [2.24, 2.45) is 33.0 Å². The third kappa shape index (κ3) is 5.87. The van der Waals surface area contributed by atoms with Crippen molar-refractivity contribution in [3.05, 3.63) is 46.6 Å².